The van der Waals surface area contributed by atoms with Crippen molar-refractivity contribution in [3.63, 3.8) is 0 Å². The second-order valence-corrected chi connectivity index (χ2v) is 8.72. The molecule has 0 aliphatic carbocycles. The van der Waals surface area contributed by atoms with E-state index in [1.54, 1.807) is 27.7 Å². The molecule has 0 spiro atoms. The number of pyridine rings is 2. The normalized spacial score (nSPS) is 16.6. The molecule has 3 rings (SSSR count). The average molecular weight is 561 g/mol. The smallest absolute Gasteiger partial charge is 0.399 e. The summed E-state index contributed by atoms with van der Waals surface area (Å²) in [6.07, 6.45) is -6.86. The summed E-state index contributed by atoms with van der Waals surface area (Å²) >= 11 is 2.73. The Morgan fingerprint density at radius 2 is 1.18 bits per heavy atom. The van der Waals surface area contributed by atoms with E-state index >= 15 is 0 Å². The lowest BCUT2D eigenvalue weighted by Crippen LogP contribution is -2.41. The first-order chi connectivity index (χ1) is 14.3. The highest BCUT2D eigenvalue weighted by molar-refractivity contribution is 9.10. The van der Waals surface area contributed by atoms with Gasteiger partial charge in [0.05, 0.1) is 22.3 Å². The highest BCUT2D eigenvalue weighted by Crippen LogP contribution is 2.38. The summed E-state index contributed by atoms with van der Waals surface area (Å²) in [5.41, 5.74) is 7.13. The molecule has 2 aromatic rings. The van der Waals surface area contributed by atoms with Crippen molar-refractivity contribution in [2.75, 3.05) is 11.5 Å². The number of hydrogen-bond acceptors (Lipinski definition) is 6. The monoisotopic (exact) mass is 560 g/mol. The molecule has 4 N–H and O–H groups in total. The molecular formula is C20H28BBrF6N4O2. The van der Waals surface area contributed by atoms with Gasteiger partial charge in [-0.05, 0) is 55.8 Å². The third-order valence-electron chi connectivity index (χ3n) is 4.95. The van der Waals surface area contributed by atoms with Crippen LogP contribution < -0.4 is 16.9 Å². The van der Waals surface area contributed by atoms with Crippen molar-refractivity contribution in [1.29, 1.82) is 0 Å². The summed E-state index contributed by atoms with van der Waals surface area (Å²) in [6, 6.07) is 1.57. The molecule has 0 saturated carbocycles. The summed E-state index contributed by atoms with van der Waals surface area (Å²) in [5, 5.41) is 0. The van der Waals surface area contributed by atoms with Crippen LogP contribution in [-0.4, -0.2) is 28.3 Å². The van der Waals surface area contributed by atoms with Gasteiger partial charge in [-0.15, -0.1) is 0 Å². The Morgan fingerprint density at radius 3 is 1.56 bits per heavy atom. The molecule has 0 unspecified atom stereocenters. The van der Waals surface area contributed by atoms with Crippen LogP contribution in [0.25, 0.3) is 0 Å². The molecule has 1 aliphatic heterocycles. The Balaban J connectivity index is 0.000000675. The maximum atomic E-state index is 13.1. The lowest BCUT2D eigenvalue weighted by molar-refractivity contribution is -0.138. The van der Waals surface area contributed by atoms with Gasteiger partial charge in [-0.25, -0.2) is 9.97 Å². The molecule has 0 amide bonds. The molecule has 1 fully saturated rings. The van der Waals surface area contributed by atoms with Gasteiger partial charge < -0.3 is 20.8 Å². The molecule has 6 nitrogen and oxygen atoms in total. The first-order valence-electron chi connectivity index (χ1n) is 9.01. The van der Waals surface area contributed by atoms with Gasteiger partial charge >= 0.3 is 19.5 Å². The summed E-state index contributed by atoms with van der Waals surface area (Å²) < 4.78 is 86.7. The topological polar surface area (TPSA) is 96.3 Å². The summed E-state index contributed by atoms with van der Waals surface area (Å²) in [4.78, 5) is 7.19. The molecular weight excluding hydrogens is 533 g/mol. The minimum atomic E-state index is -4.55. The zero-order chi connectivity index (χ0) is 24.7. The van der Waals surface area contributed by atoms with Gasteiger partial charge in [0.25, 0.3) is 0 Å². The predicted octanol–water partition coefficient (Wildman–Crippen LogP) is 5.70. The second-order valence-electron chi connectivity index (χ2n) is 7.87. The Morgan fingerprint density at radius 1 is 0.794 bits per heavy atom. The SMILES string of the molecule is C.C.CC1(C)OB(c2cnc(N)cc2C(F)(F)F)OC1(C)C.Nc1cc(C(F)(F)F)c(Br)cn1. The van der Waals surface area contributed by atoms with Gasteiger partial charge in [0.1, 0.15) is 11.6 Å². The van der Waals surface area contributed by atoms with Crippen LogP contribution in [0.15, 0.2) is 29.0 Å². The number of rotatable bonds is 1. The molecule has 14 heteroatoms. The molecule has 1 saturated heterocycles. The van der Waals surface area contributed by atoms with E-state index in [0.29, 0.717) is 0 Å². The van der Waals surface area contributed by atoms with Gasteiger partial charge in [0, 0.05) is 22.3 Å². The van der Waals surface area contributed by atoms with E-state index in [2.05, 4.69) is 25.9 Å². The molecule has 34 heavy (non-hydrogen) atoms. The molecule has 1 aliphatic rings. The number of anilines is 2. The van der Waals surface area contributed by atoms with Gasteiger partial charge in [0.2, 0.25) is 0 Å². The van der Waals surface area contributed by atoms with Crippen LogP contribution in [-0.2, 0) is 21.7 Å². The van der Waals surface area contributed by atoms with Crippen LogP contribution in [0.1, 0.15) is 53.7 Å². The first-order valence-corrected chi connectivity index (χ1v) is 9.81. The van der Waals surface area contributed by atoms with Gasteiger partial charge in [-0.3, -0.25) is 0 Å². The van der Waals surface area contributed by atoms with Crippen molar-refractivity contribution in [3.8, 4) is 0 Å². The van der Waals surface area contributed by atoms with Crippen LogP contribution in [0.3, 0.4) is 0 Å². The Kier molecular flexibility index (Phi) is 10.0. The number of halogens is 7. The minimum Gasteiger partial charge on any atom is -0.399 e. The van der Waals surface area contributed by atoms with E-state index in [0.717, 1.165) is 24.5 Å². The highest BCUT2D eigenvalue weighted by atomic mass is 79.9. The number of aromatic nitrogens is 2. The Hall–Kier alpha value is -2.06. The molecule has 0 atom stereocenters. The molecule has 0 aromatic carbocycles. The van der Waals surface area contributed by atoms with E-state index in [9.17, 15) is 26.3 Å². The Labute approximate surface area is 203 Å². The van der Waals surface area contributed by atoms with Crippen LogP contribution in [0.5, 0.6) is 0 Å². The quantitative estimate of drug-likeness (QED) is 0.343. The first kappa shape index (κ1) is 31.9. The van der Waals surface area contributed by atoms with Gasteiger partial charge in [-0.2, -0.15) is 26.3 Å². The van der Waals surface area contributed by atoms with Crippen molar-refractivity contribution in [2.45, 2.75) is 66.1 Å². The summed E-state index contributed by atoms with van der Waals surface area (Å²) in [6.45, 7) is 7.08. The fraction of sp³-hybridized carbons (Fsp3) is 0.500. The molecule has 0 bridgehead atoms. The fourth-order valence-electron chi connectivity index (χ4n) is 2.56. The number of hydrogen-bond donors (Lipinski definition) is 2. The molecule has 192 valence electrons. The second kappa shape index (κ2) is 10.7. The largest absolute Gasteiger partial charge is 0.497 e. The zero-order valence-electron chi connectivity index (χ0n) is 17.4. The van der Waals surface area contributed by atoms with E-state index in [1.165, 1.54) is 0 Å². The minimum absolute atomic E-state index is 0. The van der Waals surface area contributed by atoms with Gasteiger partial charge in [0.15, 0.2) is 0 Å². The lowest BCUT2D eigenvalue weighted by atomic mass is 9.77. The fourth-order valence-corrected chi connectivity index (χ4v) is 3.00. The van der Waals surface area contributed by atoms with E-state index in [4.69, 9.17) is 20.8 Å². The number of alkyl halides is 6. The van der Waals surface area contributed by atoms with Crippen LogP contribution >= 0.6 is 15.9 Å². The number of nitrogen functional groups attached to an aromatic ring is 2. The molecule has 0 radical (unpaired) electrons. The molecule has 2 aromatic heterocycles. The maximum absolute atomic E-state index is 13.1. The van der Waals surface area contributed by atoms with Crippen molar-refractivity contribution in [3.05, 3.63) is 40.1 Å². The van der Waals surface area contributed by atoms with Crippen LogP contribution in [0, 0.1) is 0 Å². The molecule has 3 heterocycles. The van der Waals surface area contributed by atoms with Crippen LogP contribution in [0.2, 0.25) is 0 Å². The number of nitrogens with zero attached hydrogens (tertiary/aromatic N) is 2. The maximum Gasteiger partial charge on any atom is 0.497 e. The zero-order valence-corrected chi connectivity index (χ0v) is 19.0. The predicted molar refractivity (Wildman–Crippen MR) is 124 cm³/mol. The van der Waals surface area contributed by atoms with E-state index in [-0.39, 0.29) is 36.4 Å². The van der Waals surface area contributed by atoms with Gasteiger partial charge in [-0.1, -0.05) is 14.9 Å². The summed E-state index contributed by atoms with van der Waals surface area (Å²) in [7, 11) is -1.12. The highest BCUT2D eigenvalue weighted by Gasteiger charge is 2.53. The third-order valence-corrected chi connectivity index (χ3v) is 5.58. The average Bonchev–Trinajstić information content (AvgIpc) is 2.83. The standard InChI is InChI=1S/C12H16BF3N2O2.C6H4BrF3N2.2CH4/c1-10(2)11(3,4)20-13(19-10)8-6-18-9(17)5-7(8)12(14,15)16;7-4-2-12-5(11)1-3(4)6(8,9)10;;/h5-6H,1-4H3,(H2,17,18);1-2H,(H2,11,12);2*1H4. The van der Waals surface area contributed by atoms with Crippen molar-refractivity contribution in [1.82, 2.24) is 9.97 Å². The third kappa shape index (κ3) is 7.22. The van der Waals surface area contributed by atoms with E-state index in [1.807, 2.05) is 0 Å². The van der Waals surface area contributed by atoms with Crippen molar-refractivity contribution >= 4 is 40.1 Å². The van der Waals surface area contributed by atoms with E-state index < -0.39 is 41.8 Å². The van der Waals surface area contributed by atoms with Crippen molar-refractivity contribution in [2.24, 2.45) is 0 Å². The lowest BCUT2D eigenvalue weighted by Gasteiger charge is -2.32. The Bertz CT molecular complexity index is 971. The van der Waals surface area contributed by atoms with Crippen LogP contribution in [0.4, 0.5) is 38.0 Å². The summed E-state index contributed by atoms with van der Waals surface area (Å²) in [5.74, 6) is -0.344. The van der Waals surface area contributed by atoms with Crippen molar-refractivity contribution < 1.29 is 35.7 Å². The number of nitrogens with two attached hydrogens (primary N) is 2.